The molecule has 128 valence electrons. The first-order chi connectivity index (χ1) is 12.0. The van der Waals surface area contributed by atoms with Crippen LogP contribution in [0.15, 0.2) is 55.1 Å². The molecular formula is C18H17N3O4. The smallest absolute Gasteiger partial charge is 0.293 e. The minimum absolute atomic E-state index is 0.134. The third-order valence-electron chi connectivity index (χ3n) is 3.55. The lowest BCUT2D eigenvalue weighted by molar-refractivity contribution is -0.384. The predicted molar refractivity (Wildman–Crippen MR) is 95.0 cm³/mol. The van der Waals surface area contributed by atoms with Gasteiger partial charge in [0.25, 0.3) is 11.6 Å². The summed E-state index contributed by atoms with van der Waals surface area (Å²) in [7, 11) is 1.56. The van der Waals surface area contributed by atoms with Gasteiger partial charge in [0.05, 0.1) is 10.5 Å². The van der Waals surface area contributed by atoms with Crippen molar-refractivity contribution in [2.75, 3.05) is 18.9 Å². The van der Waals surface area contributed by atoms with Gasteiger partial charge in [0, 0.05) is 30.8 Å². The lowest BCUT2D eigenvalue weighted by Gasteiger charge is -2.09. The van der Waals surface area contributed by atoms with Crippen molar-refractivity contribution in [3.05, 3.63) is 81.9 Å². The van der Waals surface area contributed by atoms with Crippen LogP contribution >= 0.6 is 0 Å². The SMILES string of the molecule is C=CCNC(=O)c1ccccc1C(=O)c1ccc(NC)c([N+](=O)[O-])c1. The number of nitro benzene ring substituents is 1. The number of hydrogen-bond donors (Lipinski definition) is 2. The normalized spacial score (nSPS) is 9.96. The number of nitro groups is 1. The summed E-state index contributed by atoms with van der Waals surface area (Å²) in [6.07, 6.45) is 1.53. The van der Waals surface area contributed by atoms with Gasteiger partial charge in [0.1, 0.15) is 5.69 Å². The molecule has 0 saturated carbocycles. The second-order valence-electron chi connectivity index (χ2n) is 5.11. The van der Waals surface area contributed by atoms with Crippen LogP contribution in [0.4, 0.5) is 11.4 Å². The first-order valence-corrected chi connectivity index (χ1v) is 7.48. The summed E-state index contributed by atoms with van der Waals surface area (Å²) in [6.45, 7) is 3.79. The van der Waals surface area contributed by atoms with Crippen LogP contribution in [0.3, 0.4) is 0 Å². The maximum atomic E-state index is 12.8. The Balaban J connectivity index is 2.45. The Morgan fingerprint density at radius 3 is 2.48 bits per heavy atom. The number of nitrogens with zero attached hydrogens (tertiary/aromatic N) is 1. The fraction of sp³-hybridized carbons (Fsp3) is 0.111. The molecule has 0 aliphatic rings. The van der Waals surface area contributed by atoms with Crippen molar-refractivity contribution in [2.24, 2.45) is 0 Å². The zero-order valence-electron chi connectivity index (χ0n) is 13.6. The minimum Gasteiger partial charge on any atom is -0.383 e. The number of anilines is 1. The van der Waals surface area contributed by atoms with Crippen LogP contribution in [-0.4, -0.2) is 30.2 Å². The number of ketones is 1. The average molecular weight is 339 g/mol. The molecule has 0 radical (unpaired) electrons. The largest absolute Gasteiger partial charge is 0.383 e. The van der Waals surface area contributed by atoms with Gasteiger partial charge in [-0.3, -0.25) is 19.7 Å². The molecule has 2 N–H and O–H groups in total. The molecule has 0 aliphatic heterocycles. The summed E-state index contributed by atoms with van der Waals surface area (Å²) in [5, 5.41) is 16.5. The predicted octanol–water partition coefficient (Wildman–Crippen LogP) is 2.78. The average Bonchev–Trinajstić information content (AvgIpc) is 2.64. The van der Waals surface area contributed by atoms with Gasteiger partial charge < -0.3 is 10.6 Å². The topological polar surface area (TPSA) is 101 Å². The highest BCUT2D eigenvalue weighted by Gasteiger charge is 2.21. The number of carbonyl (C=O) groups excluding carboxylic acids is 2. The number of benzene rings is 2. The molecule has 2 rings (SSSR count). The van der Waals surface area contributed by atoms with E-state index in [0.717, 1.165) is 0 Å². The van der Waals surface area contributed by atoms with Crippen LogP contribution in [-0.2, 0) is 0 Å². The Kier molecular flexibility index (Phi) is 5.62. The summed E-state index contributed by atoms with van der Waals surface area (Å²) in [4.78, 5) is 35.6. The van der Waals surface area contributed by atoms with E-state index < -0.39 is 16.6 Å². The Morgan fingerprint density at radius 2 is 1.88 bits per heavy atom. The summed E-state index contributed by atoms with van der Waals surface area (Å²) in [5.74, 6) is -0.875. The molecule has 0 unspecified atom stereocenters. The van der Waals surface area contributed by atoms with E-state index in [1.54, 1.807) is 19.2 Å². The van der Waals surface area contributed by atoms with Crippen molar-refractivity contribution in [1.82, 2.24) is 5.32 Å². The van der Waals surface area contributed by atoms with E-state index in [1.165, 1.54) is 36.4 Å². The number of amides is 1. The monoisotopic (exact) mass is 339 g/mol. The molecule has 0 aromatic heterocycles. The standard InChI is InChI=1S/C18H17N3O4/c1-3-10-20-18(23)14-7-5-4-6-13(14)17(22)12-8-9-15(19-2)16(11-12)21(24)25/h3-9,11,19H,1,10H2,2H3,(H,20,23). The van der Waals surface area contributed by atoms with Gasteiger partial charge in [-0.25, -0.2) is 0 Å². The molecule has 25 heavy (non-hydrogen) atoms. The van der Waals surface area contributed by atoms with E-state index in [1.807, 2.05) is 0 Å². The Hall–Kier alpha value is -3.48. The van der Waals surface area contributed by atoms with Crippen LogP contribution in [0, 0.1) is 10.1 Å². The first-order valence-electron chi connectivity index (χ1n) is 7.48. The molecule has 0 saturated heterocycles. The van der Waals surface area contributed by atoms with Crippen LogP contribution in [0.5, 0.6) is 0 Å². The van der Waals surface area contributed by atoms with Crippen LogP contribution in [0.2, 0.25) is 0 Å². The molecule has 0 fully saturated rings. The zero-order chi connectivity index (χ0) is 18.4. The van der Waals surface area contributed by atoms with Gasteiger partial charge in [-0.2, -0.15) is 0 Å². The zero-order valence-corrected chi connectivity index (χ0v) is 13.6. The van der Waals surface area contributed by atoms with E-state index in [9.17, 15) is 19.7 Å². The number of hydrogen-bond acceptors (Lipinski definition) is 5. The van der Waals surface area contributed by atoms with Crippen molar-refractivity contribution in [2.45, 2.75) is 0 Å². The van der Waals surface area contributed by atoms with E-state index in [-0.39, 0.29) is 28.9 Å². The van der Waals surface area contributed by atoms with E-state index in [0.29, 0.717) is 5.69 Å². The summed E-state index contributed by atoms with van der Waals surface area (Å²) < 4.78 is 0. The number of carbonyl (C=O) groups is 2. The second-order valence-corrected chi connectivity index (χ2v) is 5.11. The van der Waals surface area contributed by atoms with E-state index >= 15 is 0 Å². The highest BCUT2D eigenvalue weighted by Crippen LogP contribution is 2.26. The van der Waals surface area contributed by atoms with Crippen molar-refractivity contribution in [1.29, 1.82) is 0 Å². The fourth-order valence-electron chi connectivity index (χ4n) is 2.33. The Labute approximate surface area is 144 Å². The lowest BCUT2D eigenvalue weighted by Crippen LogP contribution is -2.25. The van der Waals surface area contributed by atoms with Crippen molar-refractivity contribution < 1.29 is 14.5 Å². The summed E-state index contributed by atoms with van der Waals surface area (Å²) >= 11 is 0. The van der Waals surface area contributed by atoms with Crippen LogP contribution < -0.4 is 10.6 Å². The van der Waals surface area contributed by atoms with Crippen molar-refractivity contribution in [3.63, 3.8) is 0 Å². The maximum absolute atomic E-state index is 12.8. The highest BCUT2D eigenvalue weighted by molar-refractivity contribution is 6.15. The molecule has 0 aliphatic carbocycles. The van der Waals surface area contributed by atoms with Crippen LogP contribution in [0.1, 0.15) is 26.3 Å². The maximum Gasteiger partial charge on any atom is 0.293 e. The van der Waals surface area contributed by atoms with E-state index in [2.05, 4.69) is 17.2 Å². The van der Waals surface area contributed by atoms with Gasteiger partial charge >= 0.3 is 0 Å². The van der Waals surface area contributed by atoms with Gasteiger partial charge in [0.15, 0.2) is 5.78 Å². The molecule has 7 nitrogen and oxygen atoms in total. The Morgan fingerprint density at radius 1 is 1.20 bits per heavy atom. The molecule has 0 atom stereocenters. The van der Waals surface area contributed by atoms with Crippen LogP contribution in [0.25, 0.3) is 0 Å². The summed E-state index contributed by atoms with van der Waals surface area (Å²) in [6, 6.07) is 10.5. The number of rotatable bonds is 7. The molecule has 2 aromatic rings. The van der Waals surface area contributed by atoms with Gasteiger partial charge in [-0.05, 0) is 18.2 Å². The highest BCUT2D eigenvalue weighted by atomic mass is 16.6. The molecular weight excluding hydrogens is 322 g/mol. The number of nitrogens with one attached hydrogen (secondary N) is 2. The van der Waals surface area contributed by atoms with E-state index in [4.69, 9.17) is 0 Å². The van der Waals surface area contributed by atoms with Gasteiger partial charge in [-0.15, -0.1) is 6.58 Å². The van der Waals surface area contributed by atoms with Gasteiger partial charge in [0.2, 0.25) is 0 Å². The first kappa shape index (κ1) is 17.9. The molecule has 0 spiro atoms. The van der Waals surface area contributed by atoms with Crippen molar-refractivity contribution in [3.8, 4) is 0 Å². The quantitative estimate of drug-likeness (QED) is 0.349. The Bertz CT molecular complexity index is 846. The summed E-state index contributed by atoms with van der Waals surface area (Å²) in [5.41, 5.74) is 0.612. The third kappa shape index (κ3) is 3.89. The fourth-order valence-corrected chi connectivity index (χ4v) is 2.33. The molecule has 2 aromatic carbocycles. The second kappa shape index (κ2) is 7.87. The van der Waals surface area contributed by atoms with Gasteiger partial charge in [-0.1, -0.05) is 24.3 Å². The molecule has 0 heterocycles. The third-order valence-corrected chi connectivity index (χ3v) is 3.55. The molecule has 1 amide bonds. The van der Waals surface area contributed by atoms with Crippen molar-refractivity contribution >= 4 is 23.1 Å². The molecule has 7 heteroatoms. The molecule has 0 bridgehead atoms. The lowest BCUT2D eigenvalue weighted by atomic mass is 9.97. The minimum atomic E-state index is -0.564.